The van der Waals surface area contributed by atoms with Crippen molar-refractivity contribution in [3.63, 3.8) is 0 Å². The third-order valence-corrected chi connectivity index (χ3v) is 6.34. The molecule has 0 aliphatic rings. The van der Waals surface area contributed by atoms with Gasteiger partial charge in [0.2, 0.25) is 0 Å². The molecule has 0 aliphatic carbocycles. The second kappa shape index (κ2) is 9.82. The van der Waals surface area contributed by atoms with Gasteiger partial charge in [0.1, 0.15) is 5.69 Å². The molecule has 0 fully saturated rings. The number of benzene rings is 3. The number of halogens is 2. The molecule has 0 unspecified atom stereocenters. The minimum Gasteiger partial charge on any atom is -0.321 e. The van der Waals surface area contributed by atoms with Crippen LogP contribution in [-0.4, -0.2) is 22.4 Å². The Morgan fingerprint density at radius 1 is 0.800 bits per heavy atom. The Hall–Kier alpha value is -3.81. The first-order valence-corrected chi connectivity index (χ1v) is 11.5. The fourth-order valence-corrected chi connectivity index (χ4v) is 3.92. The summed E-state index contributed by atoms with van der Waals surface area (Å²) < 4.78 is 1.27. The summed E-state index contributed by atoms with van der Waals surface area (Å²) in [5.41, 5.74) is 6.85. The second-order valence-corrected chi connectivity index (χ2v) is 8.97. The molecule has 1 aromatic heterocycles. The van der Waals surface area contributed by atoms with Gasteiger partial charge in [-0.15, -0.1) is 0 Å². The van der Waals surface area contributed by atoms with E-state index in [1.54, 1.807) is 54.6 Å². The van der Waals surface area contributed by atoms with E-state index in [0.29, 0.717) is 32.3 Å². The van der Waals surface area contributed by atoms with E-state index < -0.39 is 17.7 Å². The van der Waals surface area contributed by atoms with E-state index in [4.69, 9.17) is 23.2 Å². The van der Waals surface area contributed by atoms with E-state index in [1.807, 2.05) is 26.8 Å². The van der Waals surface area contributed by atoms with Crippen molar-refractivity contribution >= 4 is 63.2 Å². The highest BCUT2D eigenvalue weighted by molar-refractivity contribution is 6.42. The number of carbonyl (C=O) groups is 3. The van der Waals surface area contributed by atoms with Gasteiger partial charge in [-0.2, -0.15) is 0 Å². The first-order valence-electron chi connectivity index (χ1n) is 10.7. The minimum absolute atomic E-state index is 0.104. The van der Waals surface area contributed by atoms with Crippen LogP contribution in [0.2, 0.25) is 10.0 Å². The van der Waals surface area contributed by atoms with Crippen LogP contribution in [0, 0.1) is 20.8 Å². The lowest BCUT2D eigenvalue weighted by Crippen LogP contribution is -2.36. The number of aryl methyl sites for hydroxylation is 2. The van der Waals surface area contributed by atoms with Gasteiger partial charge in [-0.05, 0) is 79.9 Å². The fraction of sp³-hybridized carbons (Fsp3) is 0.115. The molecule has 4 rings (SSSR count). The number of nitrogens with one attached hydrogen (secondary N) is 3. The highest BCUT2D eigenvalue weighted by Gasteiger charge is 2.22. The number of carbonyl (C=O) groups excluding carboxylic acids is 3. The monoisotopic (exact) mass is 508 g/mol. The molecule has 3 aromatic carbocycles. The van der Waals surface area contributed by atoms with Gasteiger partial charge in [0.25, 0.3) is 5.91 Å². The number of nitrogens with zero attached hydrogens (tertiary/aromatic N) is 1. The van der Waals surface area contributed by atoms with Crippen LogP contribution in [0.1, 0.15) is 27.2 Å². The van der Waals surface area contributed by atoms with Crippen molar-refractivity contribution in [3.05, 3.63) is 93.1 Å². The number of amides is 3. The van der Waals surface area contributed by atoms with Crippen LogP contribution >= 0.6 is 23.2 Å². The molecular weight excluding hydrogens is 487 g/mol. The van der Waals surface area contributed by atoms with E-state index >= 15 is 0 Å². The topological polar surface area (TPSA) is 92.2 Å². The molecule has 0 saturated carbocycles. The van der Waals surface area contributed by atoms with Crippen LogP contribution in [0.5, 0.6) is 0 Å². The molecule has 0 spiro atoms. The van der Waals surface area contributed by atoms with E-state index in [1.165, 1.54) is 4.68 Å². The summed E-state index contributed by atoms with van der Waals surface area (Å²) in [6, 6.07) is 17.1. The third-order valence-electron chi connectivity index (χ3n) is 5.70. The lowest BCUT2D eigenvalue weighted by Gasteiger charge is -2.14. The molecule has 0 aliphatic heterocycles. The Labute approximate surface area is 212 Å². The Bertz CT molecular complexity index is 1490. The Kier molecular flexibility index (Phi) is 6.82. The van der Waals surface area contributed by atoms with Crippen LogP contribution < -0.4 is 16.1 Å². The van der Waals surface area contributed by atoms with E-state index in [-0.39, 0.29) is 5.69 Å². The van der Waals surface area contributed by atoms with Crippen molar-refractivity contribution < 1.29 is 14.4 Å². The van der Waals surface area contributed by atoms with Crippen molar-refractivity contribution in [3.8, 4) is 0 Å². The summed E-state index contributed by atoms with van der Waals surface area (Å²) in [7, 11) is 0. The smallest absolute Gasteiger partial charge is 0.321 e. The maximum absolute atomic E-state index is 13.2. The van der Waals surface area contributed by atoms with Gasteiger partial charge in [-0.3, -0.25) is 19.8 Å². The minimum atomic E-state index is -0.939. The summed E-state index contributed by atoms with van der Waals surface area (Å²) >= 11 is 12.3. The van der Waals surface area contributed by atoms with Gasteiger partial charge < -0.3 is 10.6 Å². The normalized spacial score (nSPS) is 10.8. The molecule has 0 atom stereocenters. The predicted molar refractivity (Wildman–Crippen MR) is 140 cm³/mol. The van der Waals surface area contributed by atoms with Crippen LogP contribution in [0.15, 0.2) is 60.7 Å². The predicted octanol–water partition coefficient (Wildman–Crippen LogP) is 5.83. The Morgan fingerprint density at radius 3 is 2.31 bits per heavy atom. The summed E-state index contributed by atoms with van der Waals surface area (Å²) in [6.45, 7) is 5.62. The van der Waals surface area contributed by atoms with Gasteiger partial charge in [0.05, 0.1) is 5.52 Å². The molecule has 4 aromatic rings. The van der Waals surface area contributed by atoms with Crippen molar-refractivity contribution in [1.29, 1.82) is 0 Å². The average molecular weight is 509 g/mol. The lowest BCUT2D eigenvalue weighted by molar-refractivity contribution is -0.133. The number of rotatable bonds is 4. The molecule has 9 heteroatoms. The van der Waals surface area contributed by atoms with Gasteiger partial charge in [0.15, 0.2) is 0 Å². The number of hydrogen-bond acceptors (Lipinski definition) is 3. The average Bonchev–Trinajstić information content (AvgIpc) is 3.16. The Morgan fingerprint density at radius 2 is 1.57 bits per heavy atom. The maximum Gasteiger partial charge on any atom is 0.328 e. The molecular formula is C26H22Cl2N4O3. The second-order valence-electron chi connectivity index (χ2n) is 8.13. The molecule has 0 saturated heterocycles. The van der Waals surface area contributed by atoms with Crippen molar-refractivity contribution in [1.82, 2.24) is 4.68 Å². The van der Waals surface area contributed by atoms with Crippen molar-refractivity contribution in [2.45, 2.75) is 20.8 Å². The van der Waals surface area contributed by atoms with Crippen LogP contribution in [0.3, 0.4) is 0 Å². The largest absolute Gasteiger partial charge is 0.328 e. The fourth-order valence-electron chi connectivity index (χ4n) is 3.56. The number of aromatic nitrogens is 1. The molecule has 3 amide bonds. The molecule has 1 heterocycles. The third kappa shape index (κ3) is 5.16. The zero-order valence-corrected chi connectivity index (χ0v) is 20.7. The molecule has 0 radical (unpaired) electrons. The van der Waals surface area contributed by atoms with Crippen molar-refractivity contribution in [2.75, 3.05) is 16.1 Å². The molecule has 3 N–H and O–H groups in total. The number of fused-ring (bicyclic) bond motifs is 1. The Balaban J connectivity index is 1.64. The van der Waals surface area contributed by atoms with Crippen molar-refractivity contribution in [2.24, 2.45) is 0 Å². The van der Waals surface area contributed by atoms with Gasteiger partial charge in [0, 0.05) is 26.8 Å². The van der Waals surface area contributed by atoms with Crippen LogP contribution in [0.4, 0.5) is 11.4 Å². The first-order chi connectivity index (χ1) is 16.6. The molecule has 35 heavy (non-hydrogen) atoms. The van der Waals surface area contributed by atoms with Crippen LogP contribution in [-0.2, 0) is 9.59 Å². The van der Waals surface area contributed by atoms with Gasteiger partial charge in [-0.1, -0.05) is 41.4 Å². The van der Waals surface area contributed by atoms with Gasteiger partial charge in [-0.25, -0.2) is 4.68 Å². The summed E-state index contributed by atoms with van der Waals surface area (Å²) in [6.07, 6.45) is 0. The standard InChI is InChI=1S/C26H22Cl2N4O3/c1-14-5-4-6-21(16(14)3)30-25(34)26(35)31-32-22-10-8-18(27)11-17(22)12-23(32)24(33)29-19-9-7-15(2)20(28)13-19/h4-13H,1-3H3,(H,29,33)(H,30,34)(H,31,35). The molecule has 178 valence electrons. The quantitative estimate of drug-likeness (QED) is 0.302. The highest BCUT2D eigenvalue weighted by atomic mass is 35.5. The summed E-state index contributed by atoms with van der Waals surface area (Å²) in [5.74, 6) is -2.32. The first kappa shape index (κ1) is 24.3. The lowest BCUT2D eigenvalue weighted by atomic mass is 10.1. The summed E-state index contributed by atoms with van der Waals surface area (Å²) in [4.78, 5) is 38.6. The maximum atomic E-state index is 13.2. The highest BCUT2D eigenvalue weighted by Crippen LogP contribution is 2.25. The molecule has 0 bridgehead atoms. The van der Waals surface area contributed by atoms with E-state index in [9.17, 15) is 14.4 Å². The zero-order valence-electron chi connectivity index (χ0n) is 19.2. The van der Waals surface area contributed by atoms with E-state index in [0.717, 1.165) is 16.7 Å². The van der Waals surface area contributed by atoms with Crippen LogP contribution in [0.25, 0.3) is 10.9 Å². The number of hydrogen-bond donors (Lipinski definition) is 3. The van der Waals surface area contributed by atoms with E-state index in [2.05, 4.69) is 16.1 Å². The molecule has 7 nitrogen and oxygen atoms in total. The van der Waals surface area contributed by atoms with Gasteiger partial charge >= 0.3 is 11.8 Å². The number of anilines is 2. The zero-order chi connectivity index (χ0) is 25.3. The summed E-state index contributed by atoms with van der Waals surface area (Å²) in [5, 5.41) is 6.97. The SMILES string of the molecule is Cc1ccc(NC(=O)c2cc3cc(Cl)ccc3n2NC(=O)C(=O)Nc2cccc(C)c2C)cc1Cl.